The minimum absolute atomic E-state index is 0.372. The van der Waals surface area contributed by atoms with Crippen LogP contribution >= 0.6 is 0 Å². The third kappa shape index (κ3) is 3.29. The molecule has 0 radical (unpaired) electrons. The largest absolute Gasteiger partial charge is 0.381 e. The zero-order valence-corrected chi connectivity index (χ0v) is 13.0. The first-order valence-electron chi connectivity index (χ1n) is 7.97. The van der Waals surface area contributed by atoms with Gasteiger partial charge in [0.05, 0.1) is 6.54 Å². The number of para-hydroxylation sites is 1. The van der Waals surface area contributed by atoms with Gasteiger partial charge in [0, 0.05) is 24.1 Å². The van der Waals surface area contributed by atoms with Crippen LogP contribution in [-0.4, -0.2) is 15.8 Å². The van der Waals surface area contributed by atoms with Gasteiger partial charge in [-0.15, -0.1) is 0 Å². The van der Waals surface area contributed by atoms with E-state index in [9.17, 15) is 0 Å². The van der Waals surface area contributed by atoms with Crippen LogP contribution in [0.5, 0.6) is 0 Å². The van der Waals surface area contributed by atoms with Crippen molar-refractivity contribution >= 4 is 5.69 Å². The lowest BCUT2D eigenvalue weighted by Crippen LogP contribution is -2.39. The minimum atomic E-state index is 0.372. The highest BCUT2D eigenvalue weighted by atomic mass is 15.3. The van der Waals surface area contributed by atoms with Gasteiger partial charge in [0.15, 0.2) is 0 Å². The average Bonchev–Trinajstić information content (AvgIpc) is 2.96. The van der Waals surface area contributed by atoms with E-state index in [-0.39, 0.29) is 0 Å². The van der Waals surface area contributed by atoms with E-state index in [0.717, 1.165) is 6.54 Å². The molecule has 0 aliphatic heterocycles. The summed E-state index contributed by atoms with van der Waals surface area (Å²) in [5.41, 5.74) is 2.94. The van der Waals surface area contributed by atoms with Crippen LogP contribution < -0.4 is 5.32 Å². The number of nitrogens with zero attached hydrogens (tertiary/aromatic N) is 2. The van der Waals surface area contributed by atoms with Gasteiger partial charge in [-0.05, 0) is 36.0 Å². The highest BCUT2D eigenvalue weighted by Crippen LogP contribution is 2.37. The summed E-state index contributed by atoms with van der Waals surface area (Å²) >= 11 is 0. The van der Waals surface area contributed by atoms with Crippen molar-refractivity contribution < 1.29 is 0 Å². The van der Waals surface area contributed by atoms with E-state index in [4.69, 9.17) is 0 Å². The van der Waals surface area contributed by atoms with Crippen molar-refractivity contribution in [3.63, 3.8) is 0 Å². The maximum absolute atomic E-state index is 4.32. The van der Waals surface area contributed by atoms with Crippen molar-refractivity contribution in [3.8, 4) is 0 Å². The molecule has 3 heteroatoms. The SMILES string of the molecule is CC1(C)CCCCC1Nc1ccccc1Cn1cccn1. The van der Waals surface area contributed by atoms with E-state index in [0.29, 0.717) is 11.5 Å². The highest BCUT2D eigenvalue weighted by molar-refractivity contribution is 5.52. The van der Waals surface area contributed by atoms with Gasteiger partial charge in [0.2, 0.25) is 0 Å². The summed E-state index contributed by atoms with van der Waals surface area (Å²) in [6.07, 6.45) is 9.12. The Bertz CT molecular complexity index is 572. The fourth-order valence-electron chi connectivity index (χ4n) is 3.32. The van der Waals surface area contributed by atoms with Crippen molar-refractivity contribution in [3.05, 3.63) is 48.3 Å². The molecule has 1 N–H and O–H groups in total. The van der Waals surface area contributed by atoms with E-state index in [2.05, 4.69) is 48.5 Å². The fourth-order valence-corrected chi connectivity index (χ4v) is 3.32. The van der Waals surface area contributed by atoms with Gasteiger partial charge < -0.3 is 5.32 Å². The molecule has 3 rings (SSSR count). The Kier molecular flexibility index (Phi) is 4.00. The van der Waals surface area contributed by atoms with Gasteiger partial charge in [-0.2, -0.15) is 5.10 Å². The van der Waals surface area contributed by atoms with Gasteiger partial charge in [-0.1, -0.05) is 44.9 Å². The van der Waals surface area contributed by atoms with E-state index >= 15 is 0 Å². The van der Waals surface area contributed by atoms with Crippen molar-refractivity contribution in [1.29, 1.82) is 0 Å². The lowest BCUT2D eigenvalue weighted by Gasteiger charge is -2.40. The Labute approximate surface area is 127 Å². The van der Waals surface area contributed by atoms with Crippen LogP contribution in [0.3, 0.4) is 0 Å². The number of nitrogens with one attached hydrogen (secondary N) is 1. The predicted octanol–water partition coefficient (Wildman–Crippen LogP) is 4.31. The molecular weight excluding hydrogens is 258 g/mol. The number of hydrogen-bond acceptors (Lipinski definition) is 2. The van der Waals surface area contributed by atoms with Crippen molar-refractivity contribution in [2.45, 2.75) is 52.1 Å². The topological polar surface area (TPSA) is 29.9 Å². The number of hydrogen-bond donors (Lipinski definition) is 1. The van der Waals surface area contributed by atoms with Crippen LogP contribution in [0.1, 0.15) is 45.1 Å². The molecule has 2 aromatic rings. The molecule has 1 aromatic heterocycles. The Morgan fingerprint density at radius 1 is 1.24 bits per heavy atom. The summed E-state index contributed by atoms with van der Waals surface area (Å²) in [4.78, 5) is 0. The summed E-state index contributed by atoms with van der Waals surface area (Å²) in [6, 6.07) is 11.1. The summed E-state index contributed by atoms with van der Waals surface area (Å²) in [7, 11) is 0. The summed E-state index contributed by atoms with van der Waals surface area (Å²) < 4.78 is 1.98. The van der Waals surface area contributed by atoms with Crippen LogP contribution in [0.4, 0.5) is 5.69 Å². The van der Waals surface area contributed by atoms with Gasteiger partial charge in [-0.25, -0.2) is 0 Å². The first kappa shape index (κ1) is 14.2. The van der Waals surface area contributed by atoms with Gasteiger partial charge in [0.1, 0.15) is 0 Å². The number of rotatable bonds is 4. The predicted molar refractivity (Wildman–Crippen MR) is 87.4 cm³/mol. The molecule has 0 saturated heterocycles. The second-order valence-corrected chi connectivity index (χ2v) is 6.79. The van der Waals surface area contributed by atoms with E-state index in [1.165, 1.54) is 36.9 Å². The van der Waals surface area contributed by atoms with Crippen LogP contribution in [0.15, 0.2) is 42.7 Å². The van der Waals surface area contributed by atoms with Crippen molar-refractivity contribution in [1.82, 2.24) is 9.78 Å². The van der Waals surface area contributed by atoms with E-state index in [1.54, 1.807) is 0 Å². The summed E-state index contributed by atoms with van der Waals surface area (Å²) in [5, 5.41) is 8.13. The zero-order valence-electron chi connectivity index (χ0n) is 13.0. The molecule has 3 nitrogen and oxygen atoms in total. The molecule has 1 aliphatic rings. The first-order chi connectivity index (χ1) is 10.1. The Morgan fingerprint density at radius 2 is 2.10 bits per heavy atom. The average molecular weight is 283 g/mol. The monoisotopic (exact) mass is 283 g/mol. The normalized spacial score (nSPS) is 21.1. The number of benzene rings is 1. The second-order valence-electron chi connectivity index (χ2n) is 6.79. The third-order valence-electron chi connectivity index (χ3n) is 4.75. The molecular formula is C18H25N3. The standard InChI is InChI=1S/C18H25N3/c1-18(2)11-6-5-10-17(18)20-16-9-4-3-8-15(16)14-21-13-7-12-19-21/h3-4,7-9,12-13,17,20H,5-6,10-11,14H2,1-2H3. The lowest BCUT2D eigenvalue weighted by atomic mass is 9.73. The molecule has 1 aromatic carbocycles. The Balaban J connectivity index is 1.79. The molecule has 1 heterocycles. The van der Waals surface area contributed by atoms with Gasteiger partial charge >= 0.3 is 0 Å². The summed E-state index contributed by atoms with van der Waals surface area (Å²) in [5.74, 6) is 0. The maximum atomic E-state index is 4.32. The number of aromatic nitrogens is 2. The minimum Gasteiger partial charge on any atom is -0.381 e. The van der Waals surface area contributed by atoms with Crippen molar-refractivity contribution in [2.75, 3.05) is 5.32 Å². The molecule has 112 valence electrons. The van der Waals surface area contributed by atoms with Gasteiger partial charge in [-0.3, -0.25) is 4.68 Å². The van der Waals surface area contributed by atoms with E-state index in [1.807, 2.05) is 23.1 Å². The fraction of sp³-hybridized carbons (Fsp3) is 0.500. The molecule has 1 atom stereocenters. The van der Waals surface area contributed by atoms with Crippen LogP contribution in [0.25, 0.3) is 0 Å². The Morgan fingerprint density at radius 3 is 2.86 bits per heavy atom. The van der Waals surface area contributed by atoms with Gasteiger partial charge in [0.25, 0.3) is 0 Å². The Hall–Kier alpha value is -1.77. The maximum Gasteiger partial charge on any atom is 0.0679 e. The third-order valence-corrected chi connectivity index (χ3v) is 4.75. The molecule has 1 unspecified atom stereocenters. The number of anilines is 1. The zero-order chi connectivity index (χ0) is 14.7. The smallest absolute Gasteiger partial charge is 0.0679 e. The molecule has 1 aliphatic carbocycles. The highest BCUT2D eigenvalue weighted by Gasteiger charge is 2.32. The molecule has 21 heavy (non-hydrogen) atoms. The second kappa shape index (κ2) is 5.92. The lowest BCUT2D eigenvalue weighted by molar-refractivity contribution is 0.217. The molecule has 1 fully saturated rings. The van der Waals surface area contributed by atoms with E-state index < -0.39 is 0 Å². The van der Waals surface area contributed by atoms with Crippen molar-refractivity contribution in [2.24, 2.45) is 5.41 Å². The van der Waals surface area contributed by atoms with Crippen LogP contribution in [-0.2, 0) is 6.54 Å². The molecule has 1 saturated carbocycles. The molecule has 0 spiro atoms. The van der Waals surface area contributed by atoms with Crippen LogP contribution in [0.2, 0.25) is 0 Å². The first-order valence-corrected chi connectivity index (χ1v) is 7.97. The summed E-state index contributed by atoms with van der Waals surface area (Å²) in [6.45, 7) is 5.60. The van der Waals surface area contributed by atoms with Crippen LogP contribution in [0, 0.1) is 5.41 Å². The molecule has 0 amide bonds. The quantitative estimate of drug-likeness (QED) is 0.906. The molecule has 0 bridgehead atoms.